The van der Waals surface area contributed by atoms with Gasteiger partial charge in [-0.2, -0.15) is 5.26 Å². The van der Waals surface area contributed by atoms with Crippen LogP contribution in [0.15, 0.2) is 11.8 Å². The lowest BCUT2D eigenvalue weighted by Crippen LogP contribution is -2.14. The molecule has 0 aromatic carbocycles. The lowest BCUT2D eigenvalue weighted by atomic mass is 10.3. The van der Waals surface area contributed by atoms with Gasteiger partial charge in [-0.05, 0) is 6.66 Å². The van der Waals surface area contributed by atoms with Gasteiger partial charge in [-0.3, -0.25) is 4.89 Å². The Morgan fingerprint density at radius 2 is 2.08 bits per heavy atom. The molecule has 0 spiro atoms. The Morgan fingerprint density at radius 3 is 2.46 bits per heavy atom. The van der Waals surface area contributed by atoms with E-state index in [1.54, 1.807) is 16.1 Å². The Labute approximate surface area is 78.3 Å². The molecular weight excluding hydrogens is 218 g/mol. The largest absolute Gasteiger partial charge is 0.484 e. The van der Waals surface area contributed by atoms with Crippen LogP contribution in [-0.2, 0) is 23.5 Å². The normalized spacial score (nSPS) is 11.5. The van der Waals surface area contributed by atoms with Gasteiger partial charge in [0, 0.05) is 0 Å². The van der Waals surface area contributed by atoms with Gasteiger partial charge in [0.1, 0.15) is 6.26 Å². The standard InChI is InChI=1S/C5H8O6P2/c1-13-9-2-3(4(6)10-8)5(7)11-12/h2,8,13H,12H2,1H3/b3-2-. The summed E-state index contributed by atoms with van der Waals surface area (Å²) < 4.78 is 8.84. The molecule has 6 nitrogen and oxygen atoms in total. The second-order valence-electron chi connectivity index (χ2n) is 1.64. The average molecular weight is 226 g/mol. The predicted octanol–water partition coefficient (Wildman–Crippen LogP) is 0.460. The molecule has 0 aromatic heterocycles. The molecule has 1 N–H and O–H groups in total. The first kappa shape index (κ1) is 12.3. The zero-order chi connectivity index (χ0) is 10.3. The van der Waals surface area contributed by atoms with Crippen LogP contribution < -0.4 is 0 Å². The summed E-state index contributed by atoms with van der Waals surface area (Å²) in [6.45, 7) is 1.68. The van der Waals surface area contributed by atoms with Gasteiger partial charge < -0.3 is 9.05 Å². The molecule has 0 aliphatic heterocycles. The number of rotatable bonds is 4. The fourth-order valence-electron chi connectivity index (χ4n) is 0.410. The van der Waals surface area contributed by atoms with Crippen LogP contribution in [0, 0.1) is 0 Å². The van der Waals surface area contributed by atoms with E-state index in [2.05, 4.69) is 13.9 Å². The summed E-state index contributed by atoms with van der Waals surface area (Å²) in [5.41, 5.74) is -0.521. The molecule has 13 heavy (non-hydrogen) atoms. The number of hydrogen-bond donors (Lipinski definition) is 1. The van der Waals surface area contributed by atoms with Crippen LogP contribution in [0.1, 0.15) is 0 Å². The van der Waals surface area contributed by atoms with E-state index in [1.807, 2.05) is 0 Å². The molecule has 0 amide bonds. The maximum atomic E-state index is 10.8. The monoisotopic (exact) mass is 226 g/mol. The molecule has 8 heteroatoms. The highest BCUT2D eigenvalue weighted by Gasteiger charge is 2.21. The lowest BCUT2D eigenvalue weighted by Gasteiger charge is -2.00. The van der Waals surface area contributed by atoms with Gasteiger partial charge in [0.05, 0.1) is 18.3 Å². The second-order valence-corrected chi connectivity index (χ2v) is 2.52. The molecule has 2 unspecified atom stereocenters. The van der Waals surface area contributed by atoms with E-state index in [0.717, 1.165) is 6.26 Å². The second kappa shape index (κ2) is 6.78. The van der Waals surface area contributed by atoms with Crippen LogP contribution >= 0.6 is 18.3 Å². The summed E-state index contributed by atoms with van der Waals surface area (Å²) >= 11 is 0. The van der Waals surface area contributed by atoms with Crippen molar-refractivity contribution in [3.8, 4) is 0 Å². The van der Waals surface area contributed by atoms with E-state index in [4.69, 9.17) is 5.26 Å². The van der Waals surface area contributed by atoms with Crippen molar-refractivity contribution in [3.63, 3.8) is 0 Å². The molecule has 74 valence electrons. The van der Waals surface area contributed by atoms with Gasteiger partial charge in [0.15, 0.2) is 5.57 Å². The average Bonchev–Trinajstić information content (AvgIpc) is 2.17. The molecule has 0 bridgehead atoms. The molecule has 0 heterocycles. The molecule has 0 aromatic rings. The Kier molecular flexibility index (Phi) is 6.41. The quantitative estimate of drug-likeness (QED) is 0.143. The Hall–Kier alpha value is -0.700. The van der Waals surface area contributed by atoms with Crippen molar-refractivity contribution < 1.29 is 28.8 Å². The Bertz CT molecular complexity index is 207. The molecule has 0 fully saturated rings. The Morgan fingerprint density at radius 1 is 1.46 bits per heavy atom. The van der Waals surface area contributed by atoms with Crippen molar-refractivity contribution in [3.05, 3.63) is 11.8 Å². The zero-order valence-corrected chi connectivity index (χ0v) is 8.80. The summed E-state index contributed by atoms with van der Waals surface area (Å²) in [4.78, 5) is 24.8. The van der Waals surface area contributed by atoms with Gasteiger partial charge in [0.25, 0.3) is 0 Å². The van der Waals surface area contributed by atoms with Crippen LogP contribution in [0.5, 0.6) is 0 Å². The van der Waals surface area contributed by atoms with Crippen molar-refractivity contribution in [2.75, 3.05) is 6.66 Å². The minimum Gasteiger partial charge on any atom is -0.484 e. The van der Waals surface area contributed by atoms with Gasteiger partial charge in [-0.15, -0.1) is 0 Å². The van der Waals surface area contributed by atoms with Crippen LogP contribution in [0.2, 0.25) is 0 Å². The van der Waals surface area contributed by atoms with E-state index < -0.39 is 17.5 Å². The van der Waals surface area contributed by atoms with Gasteiger partial charge in [0.2, 0.25) is 0 Å². The summed E-state index contributed by atoms with van der Waals surface area (Å²) in [5, 5.41) is 7.99. The van der Waals surface area contributed by atoms with Crippen molar-refractivity contribution in [2.45, 2.75) is 0 Å². The maximum Gasteiger partial charge on any atom is 0.383 e. The topological polar surface area (TPSA) is 82.1 Å². The first-order chi connectivity index (χ1) is 6.17. The van der Waals surface area contributed by atoms with Crippen LogP contribution in [0.4, 0.5) is 0 Å². The SMILES string of the molecule is CPO/C=C(/C(=O)OO)C(=O)OP. The van der Waals surface area contributed by atoms with E-state index in [9.17, 15) is 9.59 Å². The fourth-order valence-corrected chi connectivity index (χ4v) is 0.773. The number of carbonyl (C=O) groups excluding carboxylic acids is 2. The van der Waals surface area contributed by atoms with E-state index in [0.29, 0.717) is 0 Å². The zero-order valence-electron chi connectivity index (χ0n) is 6.64. The first-order valence-electron chi connectivity index (χ1n) is 2.96. The molecular formula is C5H8O6P2. The Balaban J connectivity index is 4.54. The predicted molar refractivity (Wildman–Crippen MR) is 47.9 cm³/mol. The minimum absolute atomic E-state index is 0.0585. The third-order valence-corrected chi connectivity index (χ3v) is 1.49. The van der Waals surface area contributed by atoms with E-state index in [1.165, 1.54) is 0 Å². The van der Waals surface area contributed by atoms with Gasteiger partial charge in [-0.25, -0.2) is 9.59 Å². The lowest BCUT2D eigenvalue weighted by molar-refractivity contribution is -0.229. The highest BCUT2D eigenvalue weighted by atomic mass is 31.1. The number of hydrogen-bond acceptors (Lipinski definition) is 6. The highest BCUT2D eigenvalue weighted by molar-refractivity contribution is 7.31. The minimum atomic E-state index is -1.23. The number of carbonyl (C=O) groups is 2. The van der Waals surface area contributed by atoms with Gasteiger partial charge >= 0.3 is 11.9 Å². The first-order valence-corrected chi connectivity index (χ1v) is 4.84. The summed E-state index contributed by atoms with van der Waals surface area (Å²) in [5.74, 6) is -2.20. The summed E-state index contributed by atoms with van der Waals surface area (Å²) in [6.07, 6.45) is 0.864. The van der Waals surface area contributed by atoms with Crippen LogP contribution in [0.3, 0.4) is 0 Å². The molecule has 0 aliphatic rings. The summed E-state index contributed by atoms with van der Waals surface area (Å²) in [6, 6.07) is 0. The smallest absolute Gasteiger partial charge is 0.383 e. The van der Waals surface area contributed by atoms with Gasteiger partial charge in [-0.1, -0.05) is 0 Å². The van der Waals surface area contributed by atoms with Crippen molar-refractivity contribution in [2.24, 2.45) is 0 Å². The van der Waals surface area contributed by atoms with Crippen LogP contribution in [0.25, 0.3) is 0 Å². The van der Waals surface area contributed by atoms with Crippen LogP contribution in [-0.4, -0.2) is 23.9 Å². The summed E-state index contributed by atoms with van der Waals surface area (Å²) in [7, 11) is 1.72. The maximum absolute atomic E-state index is 10.8. The van der Waals surface area contributed by atoms with Crippen molar-refractivity contribution >= 4 is 30.2 Å². The third-order valence-electron chi connectivity index (χ3n) is 0.924. The third kappa shape index (κ3) is 4.18. The molecule has 0 aliphatic carbocycles. The molecule has 0 radical (unpaired) electrons. The van der Waals surface area contributed by atoms with Crippen molar-refractivity contribution in [1.82, 2.24) is 0 Å². The molecule has 0 saturated carbocycles. The molecule has 0 saturated heterocycles. The van der Waals surface area contributed by atoms with Crippen molar-refractivity contribution in [1.29, 1.82) is 0 Å². The molecule has 0 rings (SSSR count). The van der Waals surface area contributed by atoms with E-state index in [-0.39, 0.29) is 8.81 Å². The van der Waals surface area contributed by atoms with E-state index >= 15 is 0 Å². The molecule has 2 atom stereocenters. The fraction of sp³-hybridized carbons (Fsp3) is 0.200. The highest BCUT2D eigenvalue weighted by Crippen LogP contribution is 2.10.